The van der Waals surface area contributed by atoms with Crippen LogP contribution in [0.15, 0.2) is 22.9 Å². The van der Waals surface area contributed by atoms with Crippen molar-refractivity contribution in [1.29, 1.82) is 0 Å². The molecular weight excluding hydrogens is 298 g/mol. The number of hydrogen-bond donors (Lipinski definition) is 2. The van der Waals surface area contributed by atoms with Gasteiger partial charge in [-0.25, -0.2) is 9.97 Å². The van der Waals surface area contributed by atoms with Gasteiger partial charge in [0.05, 0.1) is 22.8 Å². The monoisotopic (exact) mass is 311 g/mol. The lowest BCUT2D eigenvalue weighted by Crippen LogP contribution is -2.20. The number of aromatic nitrogens is 2. The highest BCUT2D eigenvalue weighted by atomic mass is 35.5. The lowest BCUT2D eigenvalue weighted by Gasteiger charge is -2.19. The molecule has 0 saturated heterocycles. The minimum absolute atomic E-state index is 0.0407. The first kappa shape index (κ1) is 14.5. The molecule has 0 aromatic carbocycles. The molecule has 0 aliphatic carbocycles. The van der Waals surface area contributed by atoms with Gasteiger partial charge in [0.2, 0.25) is 0 Å². The standard InChI is InChI=1S/C12H14ClN5OS/c1-7-9(20-6-16-7)5-18(2)12-10(13)8(3-4-15-12)11(14)17-19/h3-4,6,19H,5H2,1-2H3,(H2,14,17). The van der Waals surface area contributed by atoms with Crippen molar-refractivity contribution >= 4 is 34.6 Å². The Labute approximate surface area is 125 Å². The zero-order chi connectivity index (χ0) is 14.7. The van der Waals surface area contributed by atoms with Crippen LogP contribution in [0.3, 0.4) is 0 Å². The van der Waals surface area contributed by atoms with E-state index in [2.05, 4.69) is 15.1 Å². The van der Waals surface area contributed by atoms with Crippen LogP contribution < -0.4 is 10.6 Å². The van der Waals surface area contributed by atoms with Crippen molar-refractivity contribution in [2.24, 2.45) is 10.9 Å². The van der Waals surface area contributed by atoms with Crippen LogP contribution in [0.2, 0.25) is 5.02 Å². The fourth-order valence-electron chi connectivity index (χ4n) is 1.72. The van der Waals surface area contributed by atoms with Crippen LogP contribution >= 0.6 is 22.9 Å². The molecule has 0 unspecified atom stereocenters. The van der Waals surface area contributed by atoms with E-state index in [1.54, 1.807) is 29.1 Å². The van der Waals surface area contributed by atoms with Crippen LogP contribution in [0.1, 0.15) is 16.1 Å². The molecule has 0 amide bonds. The first-order chi connectivity index (χ1) is 9.54. The number of anilines is 1. The number of pyridine rings is 1. The average molecular weight is 312 g/mol. The summed E-state index contributed by atoms with van der Waals surface area (Å²) in [5.74, 6) is 0.532. The van der Waals surface area contributed by atoms with Crippen molar-refractivity contribution in [1.82, 2.24) is 9.97 Å². The Balaban J connectivity index is 2.31. The second-order valence-corrected chi connectivity index (χ2v) is 5.52. The summed E-state index contributed by atoms with van der Waals surface area (Å²) in [5, 5.41) is 12.1. The Hall–Kier alpha value is -1.86. The van der Waals surface area contributed by atoms with E-state index in [9.17, 15) is 0 Å². The molecule has 0 spiro atoms. The number of rotatable bonds is 4. The van der Waals surface area contributed by atoms with Gasteiger partial charge in [0.1, 0.15) is 5.82 Å². The fourth-order valence-corrected chi connectivity index (χ4v) is 2.90. The van der Waals surface area contributed by atoms with Gasteiger partial charge in [-0.05, 0) is 13.0 Å². The summed E-state index contributed by atoms with van der Waals surface area (Å²) in [6.45, 7) is 2.60. The molecule has 0 aliphatic rings. The van der Waals surface area contributed by atoms with E-state index >= 15 is 0 Å². The van der Waals surface area contributed by atoms with Crippen LogP contribution in [0.5, 0.6) is 0 Å². The number of thiazole rings is 1. The van der Waals surface area contributed by atoms with Gasteiger partial charge >= 0.3 is 0 Å². The number of oxime groups is 1. The van der Waals surface area contributed by atoms with E-state index in [1.807, 2.05) is 18.9 Å². The smallest absolute Gasteiger partial charge is 0.171 e. The summed E-state index contributed by atoms with van der Waals surface area (Å²) in [7, 11) is 1.88. The highest BCUT2D eigenvalue weighted by Gasteiger charge is 2.15. The molecule has 106 valence electrons. The van der Waals surface area contributed by atoms with Crippen molar-refractivity contribution < 1.29 is 5.21 Å². The maximum Gasteiger partial charge on any atom is 0.171 e. The van der Waals surface area contributed by atoms with E-state index in [0.29, 0.717) is 22.9 Å². The van der Waals surface area contributed by atoms with Crippen molar-refractivity contribution in [3.8, 4) is 0 Å². The number of amidine groups is 1. The zero-order valence-electron chi connectivity index (χ0n) is 11.0. The Morgan fingerprint density at radius 1 is 1.55 bits per heavy atom. The summed E-state index contributed by atoms with van der Waals surface area (Å²) in [4.78, 5) is 11.5. The third kappa shape index (κ3) is 2.83. The van der Waals surface area contributed by atoms with Gasteiger partial charge in [-0.3, -0.25) is 0 Å². The summed E-state index contributed by atoms with van der Waals surface area (Å²) in [6.07, 6.45) is 1.57. The molecule has 0 atom stereocenters. The van der Waals surface area contributed by atoms with Crippen LogP contribution in [0, 0.1) is 6.92 Å². The van der Waals surface area contributed by atoms with Crippen molar-refractivity contribution in [2.45, 2.75) is 13.5 Å². The second kappa shape index (κ2) is 6.06. The van der Waals surface area contributed by atoms with E-state index in [1.165, 1.54) is 0 Å². The van der Waals surface area contributed by atoms with Crippen LogP contribution in [0.25, 0.3) is 0 Å². The van der Waals surface area contributed by atoms with E-state index in [4.69, 9.17) is 22.5 Å². The Bertz CT molecular complexity index is 643. The van der Waals surface area contributed by atoms with Crippen LogP contribution in [-0.4, -0.2) is 28.1 Å². The van der Waals surface area contributed by atoms with Gasteiger partial charge in [0.25, 0.3) is 0 Å². The van der Waals surface area contributed by atoms with Crippen molar-refractivity contribution in [2.75, 3.05) is 11.9 Å². The fraction of sp³-hybridized carbons (Fsp3) is 0.250. The predicted octanol–water partition coefficient (Wildman–Crippen LogP) is 2.23. The number of aryl methyl sites for hydroxylation is 1. The summed E-state index contributed by atoms with van der Waals surface area (Å²) >= 11 is 7.85. The molecule has 20 heavy (non-hydrogen) atoms. The number of halogens is 1. The number of nitrogens with two attached hydrogens (primary N) is 1. The van der Waals surface area contributed by atoms with Gasteiger partial charge in [-0.15, -0.1) is 11.3 Å². The van der Waals surface area contributed by atoms with Gasteiger partial charge in [0.15, 0.2) is 5.84 Å². The Kier molecular flexibility index (Phi) is 4.41. The maximum atomic E-state index is 8.75. The van der Waals surface area contributed by atoms with E-state index in [0.717, 1.165) is 10.6 Å². The molecule has 0 aliphatic heterocycles. The summed E-state index contributed by atoms with van der Waals surface area (Å²) < 4.78 is 0. The molecule has 0 fully saturated rings. The maximum absolute atomic E-state index is 8.75. The molecule has 6 nitrogen and oxygen atoms in total. The molecule has 3 N–H and O–H groups in total. The second-order valence-electron chi connectivity index (χ2n) is 4.20. The SMILES string of the molecule is Cc1ncsc1CN(C)c1nccc(/C(N)=N/O)c1Cl. The molecule has 8 heteroatoms. The minimum Gasteiger partial charge on any atom is -0.409 e. The number of nitrogens with zero attached hydrogens (tertiary/aromatic N) is 4. The quantitative estimate of drug-likeness (QED) is 0.391. The first-order valence-electron chi connectivity index (χ1n) is 5.77. The van der Waals surface area contributed by atoms with Crippen LogP contribution in [0.4, 0.5) is 5.82 Å². The lowest BCUT2D eigenvalue weighted by atomic mass is 10.2. The Morgan fingerprint density at radius 3 is 2.90 bits per heavy atom. The molecule has 0 radical (unpaired) electrons. The molecule has 2 rings (SSSR count). The van der Waals surface area contributed by atoms with Crippen molar-refractivity contribution in [3.05, 3.63) is 38.9 Å². The third-order valence-corrected chi connectivity index (χ3v) is 4.13. The first-order valence-corrected chi connectivity index (χ1v) is 7.02. The van der Waals surface area contributed by atoms with Crippen LogP contribution in [-0.2, 0) is 6.54 Å². The van der Waals surface area contributed by atoms with Gasteiger partial charge in [0, 0.05) is 23.7 Å². The van der Waals surface area contributed by atoms with Crippen molar-refractivity contribution in [3.63, 3.8) is 0 Å². The molecule has 2 aromatic heterocycles. The van der Waals surface area contributed by atoms with Gasteiger partial charge < -0.3 is 15.8 Å². The molecular formula is C12H14ClN5OS. The zero-order valence-corrected chi connectivity index (χ0v) is 12.6. The van der Waals surface area contributed by atoms with E-state index in [-0.39, 0.29) is 5.84 Å². The normalized spacial score (nSPS) is 11.7. The lowest BCUT2D eigenvalue weighted by molar-refractivity contribution is 0.318. The number of hydrogen-bond acceptors (Lipinski definition) is 6. The highest BCUT2D eigenvalue weighted by molar-refractivity contribution is 7.09. The summed E-state index contributed by atoms with van der Waals surface area (Å²) in [6, 6.07) is 1.60. The average Bonchev–Trinajstić information content (AvgIpc) is 2.83. The molecule has 2 heterocycles. The molecule has 0 saturated carbocycles. The summed E-state index contributed by atoms with van der Waals surface area (Å²) in [5.41, 5.74) is 8.83. The third-order valence-electron chi connectivity index (χ3n) is 2.84. The topological polar surface area (TPSA) is 87.6 Å². The van der Waals surface area contributed by atoms with Gasteiger partial charge in [-0.2, -0.15) is 0 Å². The van der Waals surface area contributed by atoms with E-state index < -0.39 is 0 Å². The van der Waals surface area contributed by atoms with Gasteiger partial charge in [-0.1, -0.05) is 16.8 Å². The molecule has 0 bridgehead atoms. The largest absolute Gasteiger partial charge is 0.409 e. The predicted molar refractivity (Wildman–Crippen MR) is 80.7 cm³/mol. The molecule has 2 aromatic rings. The highest BCUT2D eigenvalue weighted by Crippen LogP contribution is 2.28. The Morgan fingerprint density at radius 2 is 2.30 bits per heavy atom. The minimum atomic E-state index is -0.0407.